The zero-order valence-electron chi connectivity index (χ0n) is 10.2. The Kier molecular flexibility index (Phi) is 3.99. The van der Waals surface area contributed by atoms with Crippen LogP contribution in [0.25, 0.3) is 0 Å². The summed E-state index contributed by atoms with van der Waals surface area (Å²) in [4.78, 5) is 25.6. The molecule has 0 saturated carbocycles. The highest BCUT2D eigenvalue weighted by molar-refractivity contribution is 5.97. The molecule has 110 valence electrons. The summed E-state index contributed by atoms with van der Waals surface area (Å²) in [5, 5.41) is 31.1. The molecule has 6 N–H and O–H groups in total. The summed E-state index contributed by atoms with van der Waals surface area (Å²) in [6.07, 6.45) is -3.89. The lowest BCUT2D eigenvalue weighted by Gasteiger charge is -2.36. The highest BCUT2D eigenvalue weighted by Crippen LogP contribution is 2.27. The fourth-order valence-electron chi connectivity index (χ4n) is 1.99. The van der Waals surface area contributed by atoms with Gasteiger partial charge in [0.2, 0.25) is 6.41 Å². The third-order valence-corrected chi connectivity index (χ3v) is 2.97. The van der Waals surface area contributed by atoms with Crippen LogP contribution in [0.5, 0.6) is 0 Å². The smallest absolute Gasteiger partial charge is 0.269 e. The number of aromatic nitrogens is 2. The maximum atomic E-state index is 11.4. The van der Waals surface area contributed by atoms with E-state index in [1.165, 1.54) is 0 Å². The average molecular weight is 286 g/mol. The first kappa shape index (κ1) is 14.4. The van der Waals surface area contributed by atoms with Gasteiger partial charge < -0.3 is 31.1 Å². The number of nitrogens with zero attached hydrogens (tertiary/aromatic N) is 2. The summed E-state index contributed by atoms with van der Waals surface area (Å²) in [6, 6.07) is 0. The van der Waals surface area contributed by atoms with Crippen LogP contribution in [0.15, 0.2) is 6.33 Å². The average Bonchev–Trinajstić information content (AvgIpc) is 2.80. The number of ether oxygens (including phenoxy) is 1. The van der Waals surface area contributed by atoms with Crippen LogP contribution in [-0.4, -0.2) is 62.1 Å². The molecule has 10 heteroatoms. The maximum absolute atomic E-state index is 11.4. The van der Waals surface area contributed by atoms with Crippen molar-refractivity contribution in [1.29, 1.82) is 0 Å². The van der Waals surface area contributed by atoms with Gasteiger partial charge in [-0.1, -0.05) is 0 Å². The minimum atomic E-state index is -1.49. The molecule has 0 spiro atoms. The first-order valence-electron chi connectivity index (χ1n) is 5.70. The molecule has 0 bridgehead atoms. The van der Waals surface area contributed by atoms with Crippen LogP contribution in [0.1, 0.15) is 16.7 Å². The fraction of sp³-hybridized carbons (Fsp3) is 0.500. The summed E-state index contributed by atoms with van der Waals surface area (Å²) >= 11 is 0. The molecule has 1 fully saturated rings. The second-order valence-electron chi connectivity index (χ2n) is 4.25. The van der Waals surface area contributed by atoms with Crippen molar-refractivity contribution in [3.8, 4) is 0 Å². The number of amides is 2. The number of hydrogen-bond acceptors (Lipinski definition) is 7. The minimum absolute atomic E-state index is 0.0936. The van der Waals surface area contributed by atoms with Gasteiger partial charge in [0.1, 0.15) is 18.3 Å². The quantitative estimate of drug-likeness (QED) is 0.372. The van der Waals surface area contributed by atoms with E-state index < -0.39 is 30.4 Å². The molecule has 0 aliphatic carbocycles. The van der Waals surface area contributed by atoms with Gasteiger partial charge in [-0.05, 0) is 0 Å². The molecule has 20 heavy (non-hydrogen) atoms. The molecule has 4 atom stereocenters. The second kappa shape index (κ2) is 5.54. The zero-order chi connectivity index (χ0) is 14.9. The van der Waals surface area contributed by atoms with E-state index in [-0.39, 0.29) is 18.1 Å². The van der Waals surface area contributed by atoms with Crippen LogP contribution in [-0.2, 0) is 9.53 Å². The largest absolute Gasteiger partial charge is 0.388 e. The van der Waals surface area contributed by atoms with Gasteiger partial charge in [0.05, 0.1) is 12.9 Å². The molecule has 1 aliphatic rings. The number of nitrogens with two attached hydrogens (primary N) is 1. The van der Waals surface area contributed by atoms with Crippen LogP contribution < -0.4 is 11.1 Å². The van der Waals surface area contributed by atoms with Crippen molar-refractivity contribution < 1.29 is 29.6 Å². The van der Waals surface area contributed by atoms with E-state index in [1.54, 1.807) is 0 Å². The van der Waals surface area contributed by atoms with Gasteiger partial charge in [-0.25, -0.2) is 4.98 Å². The van der Waals surface area contributed by atoms with Crippen molar-refractivity contribution in [2.24, 2.45) is 5.73 Å². The lowest BCUT2D eigenvalue weighted by atomic mass is 10.0. The van der Waals surface area contributed by atoms with E-state index in [1.807, 2.05) is 0 Å². The van der Waals surface area contributed by atoms with Gasteiger partial charge in [-0.3, -0.25) is 14.2 Å². The number of carbonyl (C=O) groups excluding carboxylic acids is 2. The number of rotatable bonds is 4. The van der Waals surface area contributed by atoms with Crippen molar-refractivity contribution in [2.75, 3.05) is 11.9 Å². The predicted octanol–water partition coefficient (Wildman–Crippen LogP) is -2.84. The molecule has 1 aliphatic heterocycles. The summed E-state index contributed by atoms with van der Waals surface area (Å²) in [6.45, 7) is -0.240. The Morgan fingerprint density at radius 1 is 1.50 bits per heavy atom. The van der Waals surface area contributed by atoms with E-state index in [0.717, 1.165) is 10.9 Å². The number of hydrogen-bond donors (Lipinski definition) is 5. The van der Waals surface area contributed by atoms with Crippen molar-refractivity contribution in [2.45, 2.75) is 24.5 Å². The number of anilines is 1. The van der Waals surface area contributed by atoms with Crippen molar-refractivity contribution in [3.63, 3.8) is 0 Å². The summed E-state index contributed by atoms with van der Waals surface area (Å²) in [5.74, 6) is -0.993. The molecule has 0 unspecified atom stereocenters. The second-order valence-corrected chi connectivity index (χ2v) is 4.25. The summed E-state index contributed by atoms with van der Waals surface area (Å²) < 4.78 is 6.27. The Labute approximate surface area is 112 Å². The van der Waals surface area contributed by atoms with Crippen molar-refractivity contribution in [1.82, 2.24) is 9.55 Å². The van der Waals surface area contributed by atoms with Crippen LogP contribution >= 0.6 is 0 Å². The highest BCUT2D eigenvalue weighted by atomic mass is 16.5. The molecular formula is C10H14N4O6. The highest BCUT2D eigenvalue weighted by Gasteiger charge is 2.40. The van der Waals surface area contributed by atoms with Gasteiger partial charge in [0.15, 0.2) is 17.7 Å². The third-order valence-electron chi connectivity index (χ3n) is 2.97. The maximum Gasteiger partial charge on any atom is 0.269 e. The Morgan fingerprint density at radius 3 is 2.80 bits per heavy atom. The van der Waals surface area contributed by atoms with Gasteiger partial charge in [0, 0.05) is 0 Å². The Balaban J connectivity index is 2.37. The number of aliphatic hydroxyl groups excluding tert-OH is 3. The zero-order valence-corrected chi connectivity index (χ0v) is 10.2. The number of aliphatic hydroxyl groups is 3. The molecule has 2 heterocycles. The summed E-state index contributed by atoms with van der Waals surface area (Å²) in [7, 11) is 0. The Bertz CT molecular complexity index is 518. The van der Waals surface area contributed by atoms with Crippen LogP contribution in [0.4, 0.5) is 5.82 Å². The van der Waals surface area contributed by atoms with E-state index in [0.29, 0.717) is 6.41 Å². The van der Waals surface area contributed by atoms with Gasteiger partial charge in [-0.2, -0.15) is 0 Å². The minimum Gasteiger partial charge on any atom is -0.388 e. The van der Waals surface area contributed by atoms with E-state index >= 15 is 0 Å². The monoisotopic (exact) mass is 286 g/mol. The van der Waals surface area contributed by atoms with Crippen molar-refractivity contribution in [3.05, 3.63) is 12.0 Å². The lowest BCUT2D eigenvalue weighted by molar-refractivity contribution is -0.211. The topological polar surface area (TPSA) is 160 Å². The fourth-order valence-corrected chi connectivity index (χ4v) is 1.99. The number of primary amides is 1. The predicted molar refractivity (Wildman–Crippen MR) is 63.4 cm³/mol. The number of nitrogens with one attached hydrogen (secondary N) is 1. The van der Waals surface area contributed by atoms with Crippen LogP contribution in [0.2, 0.25) is 0 Å². The molecule has 1 saturated heterocycles. The Hall–Kier alpha value is -2.01. The molecule has 2 amide bonds. The van der Waals surface area contributed by atoms with Crippen LogP contribution in [0, 0.1) is 0 Å². The van der Waals surface area contributed by atoms with Crippen molar-refractivity contribution >= 4 is 18.1 Å². The van der Waals surface area contributed by atoms with Gasteiger partial charge in [-0.15, -0.1) is 0 Å². The third kappa shape index (κ3) is 2.36. The normalized spacial score (nSPS) is 29.9. The molecule has 2 rings (SSSR count). The molecule has 0 radical (unpaired) electrons. The number of imidazole rings is 1. The standard InChI is InChI=1S/C10H14N4O6/c11-8(19)5-9(13-3-15)12-2-14(5)10-7(18)6(17)4(16)1-20-10/h2-4,6-7,10,16-18H,1H2,(H2,11,19)(H,13,15)/t4-,6-,7+,10-/m1/s1. The SMILES string of the molecule is NC(=O)c1c(NC=O)ncn1[C@@H]1OC[C@@H](O)[C@@H](O)[C@@H]1O. The molecular weight excluding hydrogens is 272 g/mol. The summed E-state index contributed by atoms with van der Waals surface area (Å²) in [5.41, 5.74) is 5.01. The van der Waals surface area contributed by atoms with E-state index in [4.69, 9.17) is 10.5 Å². The molecule has 1 aromatic rings. The first-order valence-corrected chi connectivity index (χ1v) is 5.70. The first-order chi connectivity index (χ1) is 9.47. The molecule has 10 nitrogen and oxygen atoms in total. The van der Waals surface area contributed by atoms with Gasteiger partial charge in [0.25, 0.3) is 5.91 Å². The Morgan fingerprint density at radius 2 is 2.20 bits per heavy atom. The van der Waals surface area contributed by atoms with Gasteiger partial charge >= 0.3 is 0 Å². The number of carbonyl (C=O) groups is 2. The molecule has 1 aromatic heterocycles. The van der Waals surface area contributed by atoms with E-state index in [2.05, 4.69) is 10.3 Å². The molecule has 0 aromatic carbocycles. The van der Waals surface area contributed by atoms with Crippen LogP contribution in [0.3, 0.4) is 0 Å². The van der Waals surface area contributed by atoms with E-state index in [9.17, 15) is 24.9 Å². The lowest BCUT2D eigenvalue weighted by Crippen LogP contribution is -2.51.